The fraction of sp³-hybridized carbons (Fsp3) is 0.261. The molecule has 0 radical (unpaired) electrons. The van der Waals surface area contributed by atoms with Gasteiger partial charge in [-0.05, 0) is 74.7 Å². The van der Waals surface area contributed by atoms with E-state index in [2.05, 4.69) is 10.1 Å². The van der Waals surface area contributed by atoms with Crippen molar-refractivity contribution in [1.29, 1.82) is 0 Å². The molecule has 0 aliphatic heterocycles. The third-order valence-corrected chi connectivity index (χ3v) is 4.75. The quantitative estimate of drug-likeness (QED) is 0.499. The number of ether oxygens (including phenoxy) is 1. The molecule has 0 amide bonds. The van der Waals surface area contributed by atoms with Crippen LogP contribution in [0.3, 0.4) is 0 Å². The third kappa shape index (κ3) is 4.54. The summed E-state index contributed by atoms with van der Waals surface area (Å²) in [4.78, 5) is 29.1. The van der Waals surface area contributed by atoms with Gasteiger partial charge in [0.1, 0.15) is 0 Å². The first kappa shape index (κ1) is 20.3. The number of benzene rings is 2. The summed E-state index contributed by atoms with van der Waals surface area (Å²) >= 11 is 0. The highest BCUT2D eigenvalue weighted by atomic mass is 16.5. The van der Waals surface area contributed by atoms with Crippen LogP contribution >= 0.6 is 0 Å². The van der Waals surface area contributed by atoms with Crippen molar-refractivity contribution in [1.82, 2.24) is 9.78 Å². The van der Waals surface area contributed by atoms with E-state index in [1.807, 2.05) is 45.9 Å². The zero-order chi connectivity index (χ0) is 21.0. The standard InChI is InChI=1S/C23H25N3O3/c1-5-12-29-23(28)18-7-9-19(10-8-18)24-14-21-17(4)25-26(22(21)27)20-11-6-15(2)16(3)13-20/h6-11,13-14,25H,5,12H2,1-4H3. The van der Waals surface area contributed by atoms with Crippen LogP contribution in [0, 0.1) is 20.8 Å². The zero-order valence-corrected chi connectivity index (χ0v) is 17.2. The molecular weight excluding hydrogens is 366 g/mol. The molecule has 0 aliphatic carbocycles. The highest BCUT2D eigenvalue weighted by Gasteiger charge is 2.11. The van der Waals surface area contributed by atoms with Crippen LogP contribution in [0.2, 0.25) is 0 Å². The number of nitrogens with one attached hydrogen (secondary N) is 1. The molecule has 0 unspecified atom stereocenters. The average Bonchev–Trinajstić information content (AvgIpc) is 3.00. The van der Waals surface area contributed by atoms with Crippen molar-refractivity contribution in [3.05, 3.63) is 80.8 Å². The highest BCUT2D eigenvalue weighted by Crippen LogP contribution is 2.15. The van der Waals surface area contributed by atoms with Crippen molar-refractivity contribution < 1.29 is 9.53 Å². The van der Waals surface area contributed by atoms with E-state index in [1.165, 1.54) is 10.2 Å². The van der Waals surface area contributed by atoms with Gasteiger partial charge in [0.15, 0.2) is 0 Å². The molecule has 1 N–H and O–H groups in total. The maximum atomic E-state index is 12.8. The summed E-state index contributed by atoms with van der Waals surface area (Å²) in [6.07, 6.45) is 2.33. The Bertz CT molecular complexity index is 1110. The van der Waals surface area contributed by atoms with E-state index in [4.69, 9.17) is 4.74 Å². The summed E-state index contributed by atoms with van der Waals surface area (Å²) in [5.74, 6) is -0.347. The first-order chi connectivity index (χ1) is 13.9. The molecule has 0 saturated carbocycles. The molecule has 3 rings (SSSR count). The average molecular weight is 391 g/mol. The van der Waals surface area contributed by atoms with Crippen LogP contribution < -0.4 is 5.56 Å². The molecule has 1 heterocycles. The molecule has 150 valence electrons. The number of H-pyrrole nitrogens is 1. The van der Waals surface area contributed by atoms with Gasteiger partial charge in [-0.15, -0.1) is 0 Å². The minimum atomic E-state index is -0.347. The second-order valence-electron chi connectivity index (χ2n) is 7.00. The van der Waals surface area contributed by atoms with Gasteiger partial charge >= 0.3 is 5.97 Å². The molecule has 1 aromatic heterocycles. The molecule has 0 atom stereocenters. The summed E-state index contributed by atoms with van der Waals surface area (Å²) in [6, 6.07) is 12.7. The fourth-order valence-corrected chi connectivity index (χ4v) is 2.86. The van der Waals surface area contributed by atoms with Crippen molar-refractivity contribution in [3.63, 3.8) is 0 Å². The van der Waals surface area contributed by atoms with E-state index in [0.29, 0.717) is 23.4 Å². The van der Waals surface area contributed by atoms with E-state index in [9.17, 15) is 9.59 Å². The monoisotopic (exact) mass is 391 g/mol. The van der Waals surface area contributed by atoms with Gasteiger partial charge < -0.3 is 4.74 Å². The Kier molecular flexibility index (Phi) is 6.12. The Labute approximate surface area is 169 Å². The number of aryl methyl sites for hydroxylation is 3. The minimum Gasteiger partial charge on any atom is -0.462 e. The highest BCUT2D eigenvalue weighted by molar-refractivity contribution is 5.90. The van der Waals surface area contributed by atoms with Crippen LogP contribution in [-0.2, 0) is 4.74 Å². The van der Waals surface area contributed by atoms with Crippen molar-refractivity contribution >= 4 is 17.9 Å². The Hall–Kier alpha value is -3.41. The maximum absolute atomic E-state index is 12.8. The van der Waals surface area contributed by atoms with Gasteiger partial charge in [-0.1, -0.05) is 13.0 Å². The topological polar surface area (TPSA) is 76.4 Å². The zero-order valence-electron chi connectivity index (χ0n) is 17.2. The number of rotatable bonds is 6. The Balaban J connectivity index is 1.82. The second-order valence-corrected chi connectivity index (χ2v) is 7.00. The first-order valence-corrected chi connectivity index (χ1v) is 9.61. The SMILES string of the molecule is CCCOC(=O)c1ccc(N=Cc2c(C)[nH]n(-c3ccc(C)c(C)c3)c2=O)cc1. The van der Waals surface area contributed by atoms with Gasteiger partial charge in [0.25, 0.3) is 5.56 Å². The predicted octanol–water partition coefficient (Wildman–Crippen LogP) is 4.41. The number of nitrogens with zero attached hydrogens (tertiary/aromatic N) is 2. The number of carbonyl (C=O) groups is 1. The number of aromatic nitrogens is 2. The molecule has 0 aliphatic rings. The Morgan fingerprint density at radius 1 is 1.10 bits per heavy atom. The first-order valence-electron chi connectivity index (χ1n) is 9.61. The van der Waals surface area contributed by atoms with Gasteiger partial charge in [-0.25, -0.2) is 9.48 Å². The van der Waals surface area contributed by atoms with Crippen molar-refractivity contribution in [2.24, 2.45) is 4.99 Å². The number of hydrogen-bond acceptors (Lipinski definition) is 4. The smallest absolute Gasteiger partial charge is 0.338 e. The Morgan fingerprint density at radius 2 is 1.83 bits per heavy atom. The van der Waals surface area contributed by atoms with Crippen LogP contribution in [0.4, 0.5) is 5.69 Å². The van der Waals surface area contributed by atoms with Gasteiger partial charge in [0.2, 0.25) is 0 Å². The number of aromatic amines is 1. The summed E-state index contributed by atoms with van der Waals surface area (Å²) in [6.45, 7) is 8.24. The van der Waals surface area contributed by atoms with E-state index in [-0.39, 0.29) is 11.5 Å². The maximum Gasteiger partial charge on any atom is 0.338 e. The lowest BCUT2D eigenvalue weighted by Gasteiger charge is -2.05. The number of carbonyl (C=O) groups excluding carboxylic acids is 1. The van der Waals surface area contributed by atoms with Crippen molar-refractivity contribution in [2.75, 3.05) is 6.61 Å². The van der Waals surface area contributed by atoms with Crippen LogP contribution in [0.15, 0.2) is 52.3 Å². The minimum absolute atomic E-state index is 0.158. The molecule has 3 aromatic rings. The number of hydrogen-bond donors (Lipinski definition) is 1. The van der Waals surface area contributed by atoms with E-state index in [1.54, 1.807) is 30.5 Å². The Morgan fingerprint density at radius 3 is 2.48 bits per heavy atom. The lowest BCUT2D eigenvalue weighted by molar-refractivity contribution is 0.0505. The van der Waals surface area contributed by atoms with E-state index < -0.39 is 0 Å². The third-order valence-electron chi connectivity index (χ3n) is 4.75. The lowest BCUT2D eigenvalue weighted by Crippen LogP contribution is -2.17. The molecule has 0 fully saturated rings. The van der Waals surface area contributed by atoms with Crippen LogP contribution in [0.1, 0.15) is 46.1 Å². The second kappa shape index (κ2) is 8.73. The summed E-state index contributed by atoms with van der Waals surface area (Å²) in [7, 11) is 0. The van der Waals surface area contributed by atoms with Gasteiger partial charge in [-0.3, -0.25) is 14.9 Å². The molecule has 0 bridgehead atoms. The number of esters is 1. The predicted molar refractivity (Wildman–Crippen MR) is 115 cm³/mol. The largest absolute Gasteiger partial charge is 0.462 e. The van der Waals surface area contributed by atoms with E-state index in [0.717, 1.165) is 23.4 Å². The van der Waals surface area contributed by atoms with Gasteiger partial charge in [0.05, 0.1) is 29.1 Å². The van der Waals surface area contributed by atoms with E-state index >= 15 is 0 Å². The van der Waals surface area contributed by atoms with Crippen molar-refractivity contribution in [3.8, 4) is 5.69 Å². The molecule has 0 saturated heterocycles. The lowest BCUT2D eigenvalue weighted by atomic mass is 10.1. The van der Waals surface area contributed by atoms with Gasteiger partial charge in [0, 0.05) is 11.9 Å². The molecule has 0 spiro atoms. The summed E-state index contributed by atoms with van der Waals surface area (Å²) in [5.41, 5.74) is 5.28. The van der Waals surface area contributed by atoms with Gasteiger partial charge in [-0.2, -0.15) is 0 Å². The van der Waals surface area contributed by atoms with Crippen LogP contribution in [0.5, 0.6) is 0 Å². The molecule has 2 aromatic carbocycles. The molecule has 6 heteroatoms. The number of aliphatic imine (C=N–C) groups is 1. The fourth-order valence-electron chi connectivity index (χ4n) is 2.86. The van der Waals surface area contributed by atoms with Crippen LogP contribution in [-0.4, -0.2) is 28.6 Å². The summed E-state index contributed by atoms with van der Waals surface area (Å²) in [5, 5.41) is 3.11. The van der Waals surface area contributed by atoms with Crippen LogP contribution in [0.25, 0.3) is 5.69 Å². The molecular formula is C23H25N3O3. The molecule has 29 heavy (non-hydrogen) atoms. The summed E-state index contributed by atoms with van der Waals surface area (Å²) < 4.78 is 6.64. The van der Waals surface area contributed by atoms with Crippen molar-refractivity contribution in [2.45, 2.75) is 34.1 Å². The normalized spacial score (nSPS) is 11.2. The molecule has 6 nitrogen and oxygen atoms in total.